The van der Waals surface area contributed by atoms with Crippen molar-refractivity contribution in [1.82, 2.24) is 9.97 Å². The van der Waals surface area contributed by atoms with Gasteiger partial charge in [-0.25, -0.2) is 14.5 Å². The summed E-state index contributed by atoms with van der Waals surface area (Å²) in [6, 6.07) is 7.87. The number of rotatable bonds is 5. The number of para-hydroxylation sites is 1. The average molecular weight is 315 g/mol. The van der Waals surface area contributed by atoms with Crippen LogP contribution in [-0.2, 0) is 17.9 Å². The van der Waals surface area contributed by atoms with Gasteiger partial charge in [0, 0.05) is 6.61 Å². The number of benzene rings is 1. The first kappa shape index (κ1) is 15.7. The second kappa shape index (κ2) is 5.79. The van der Waals surface area contributed by atoms with Gasteiger partial charge < -0.3 is 15.6 Å². The number of hydrogen-bond acceptors (Lipinski definition) is 4. The Hall–Kier alpha value is -2.18. The van der Waals surface area contributed by atoms with Gasteiger partial charge in [-0.1, -0.05) is 12.1 Å². The zero-order valence-corrected chi connectivity index (χ0v) is 13.8. The zero-order chi connectivity index (χ0) is 16.6. The number of anilines is 1. The molecule has 3 rings (SSSR count). The third-order valence-electron chi connectivity index (χ3n) is 3.75. The number of aromatic amines is 1. The van der Waals surface area contributed by atoms with Crippen LogP contribution in [0.2, 0.25) is 0 Å². The lowest BCUT2D eigenvalue weighted by Gasteiger charge is -2.16. The summed E-state index contributed by atoms with van der Waals surface area (Å²) in [5, 5.41) is 11.3. The van der Waals surface area contributed by atoms with Crippen molar-refractivity contribution in [2.24, 2.45) is 0 Å². The van der Waals surface area contributed by atoms with E-state index in [9.17, 15) is 5.11 Å². The molecule has 0 saturated heterocycles. The summed E-state index contributed by atoms with van der Waals surface area (Å²) in [7, 11) is 0. The molecule has 0 spiro atoms. The molecule has 122 valence electrons. The molecule has 0 radical (unpaired) electrons. The number of nitrogens with two attached hydrogens (primary N) is 1. The van der Waals surface area contributed by atoms with E-state index in [0.717, 1.165) is 27.8 Å². The van der Waals surface area contributed by atoms with Crippen molar-refractivity contribution >= 4 is 27.8 Å². The molecule has 3 aromatic rings. The number of nitrogens with one attached hydrogen (secondary N) is 1. The van der Waals surface area contributed by atoms with Crippen LogP contribution in [0.4, 0.5) is 5.82 Å². The number of hydrogen-bond donors (Lipinski definition) is 3. The zero-order valence-electron chi connectivity index (χ0n) is 13.8. The molecule has 2 heterocycles. The fraction of sp³-hybridized carbons (Fsp3) is 0.412. The van der Waals surface area contributed by atoms with Gasteiger partial charge in [0.1, 0.15) is 13.2 Å². The summed E-state index contributed by atoms with van der Waals surface area (Å²) in [5.74, 6) is 1.32. The van der Waals surface area contributed by atoms with Gasteiger partial charge >= 0.3 is 0 Å². The van der Waals surface area contributed by atoms with E-state index in [-0.39, 0.29) is 0 Å². The van der Waals surface area contributed by atoms with Gasteiger partial charge in [-0.05, 0) is 32.9 Å². The first-order chi connectivity index (χ1) is 10.9. The van der Waals surface area contributed by atoms with Crippen molar-refractivity contribution in [3.63, 3.8) is 0 Å². The Labute approximate surface area is 134 Å². The second-order valence-corrected chi connectivity index (χ2v) is 6.35. The second-order valence-electron chi connectivity index (χ2n) is 6.35. The third kappa shape index (κ3) is 3.00. The molecule has 0 aliphatic heterocycles. The Morgan fingerprint density at radius 2 is 2.09 bits per heavy atom. The van der Waals surface area contributed by atoms with Crippen LogP contribution in [-0.4, -0.2) is 27.3 Å². The van der Waals surface area contributed by atoms with Crippen molar-refractivity contribution in [2.75, 3.05) is 12.3 Å². The first-order valence-electron chi connectivity index (χ1n) is 7.79. The highest BCUT2D eigenvalue weighted by molar-refractivity contribution is 6.04. The Morgan fingerprint density at radius 3 is 2.78 bits per heavy atom. The molecule has 6 nitrogen and oxygen atoms in total. The minimum Gasteiger partial charge on any atom is -0.386 e. The molecule has 0 atom stereocenters. The summed E-state index contributed by atoms with van der Waals surface area (Å²) in [6.07, 6.45) is 0. The summed E-state index contributed by atoms with van der Waals surface area (Å²) < 4.78 is 7.61. The lowest BCUT2D eigenvalue weighted by atomic mass is 10.1. The van der Waals surface area contributed by atoms with Crippen LogP contribution < -0.4 is 10.3 Å². The van der Waals surface area contributed by atoms with Gasteiger partial charge in [-0.15, -0.1) is 0 Å². The molecular weight excluding hydrogens is 292 g/mol. The van der Waals surface area contributed by atoms with E-state index in [0.29, 0.717) is 25.6 Å². The number of nitrogen functional groups attached to an aromatic ring is 1. The van der Waals surface area contributed by atoms with E-state index >= 15 is 0 Å². The van der Waals surface area contributed by atoms with Crippen molar-refractivity contribution in [1.29, 1.82) is 0 Å². The first-order valence-corrected chi connectivity index (χ1v) is 7.79. The predicted molar refractivity (Wildman–Crippen MR) is 89.8 cm³/mol. The lowest BCUT2D eigenvalue weighted by molar-refractivity contribution is -0.692. The molecule has 0 unspecified atom stereocenters. The van der Waals surface area contributed by atoms with Gasteiger partial charge in [-0.2, -0.15) is 0 Å². The molecule has 0 bridgehead atoms. The van der Waals surface area contributed by atoms with Crippen molar-refractivity contribution in [3.05, 3.63) is 30.1 Å². The van der Waals surface area contributed by atoms with E-state index in [2.05, 4.69) is 9.97 Å². The van der Waals surface area contributed by atoms with E-state index < -0.39 is 5.60 Å². The van der Waals surface area contributed by atoms with Gasteiger partial charge in [-0.3, -0.25) is 0 Å². The number of nitrogens with zero attached hydrogens (tertiary/aromatic N) is 2. The number of imidazole rings is 1. The number of aliphatic hydroxyl groups is 1. The Balaban J connectivity index is 2.32. The van der Waals surface area contributed by atoms with E-state index in [1.54, 1.807) is 13.8 Å². The molecule has 1 aromatic carbocycles. The summed E-state index contributed by atoms with van der Waals surface area (Å²) in [4.78, 5) is 7.79. The number of H-pyrrole nitrogens is 1. The fourth-order valence-electron chi connectivity index (χ4n) is 2.84. The number of fused-ring (bicyclic) bond motifs is 3. The fourth-order valence-corrected chi connectivity index (χ4v) is 2.84. The molecular formula is C17H23N4O2+. The van der Waals surface area contributed by atoms with Gasteiger partial charge in [0.05, 0.1) is 16.5 Å². The van der Waals surface area contributed by atoms with Crippen molar-refractivity contribution in [2.45, 2.75) is 39.5 Å². The summed E-state index contributed by atoms with van der Waals surface area (Å²) in [6.45, 7) is 7.00. The van der Waals surface area contributed by atoms with Crippen LogP contribution in [0.15, 0.2) is 24.3 Å². The molecule has 0 aliphatic rings. The molecule has 0 aliphatic carbocycles. The SMILES string of the molecule is CCOCc1[nH]c2c(N)nc3ccccc3c2[n+]1CC(C)(C)O. The monoisotopic (exact) mass is 315 g/mol. The van der Waals surface area contributed by atoms with Crippen LogP contribution in [0, 0.1) is 0 Å². The number of aromatic nitrogens is 3. The third-order valence-corrected chi connectivity index (χ3v) is 3.75. The highest BCUT2D eigenvalue weighted by Crippen LogP contribution is 2.25. The Kier molecular flexibility index (Phi) is 3.95. The van der Waals surface area contributed by atoms with Gasteiger partial charge in [0.2, 0.25) is 5.52 Å². The van der Waals surface area contributed by atoms with Gasteiger partial charge in [0.15, 0.2) is 11.3 Å². The highest BCUT2D eigenvalue weighted by Gasteiger charge is 2.28. The smallest absolute Gasteiger partial charge is 0.281 e. The minimum atomic E-state index is -0.861. The van der Waals surface area contributed by atoms with Crippen LogP contribution in [0.25, 0.3) is 21.9 Å². The van der Waals surface area contributed by atoms with Crippen molar-refractivity contribution < 1.29 is 14.4 Å². The van der Waals surface area contributed by atoms with Crippen LogP contribution >= 0.6 is 0 Å². The van der Waals surface area contributed by atoms with Gasteiger partial charge in [0.25, 0.3) is 5.82 Å². The Morgan fingerprint density at radius 1 is 1.35 bits per heavy atom. The topological polar surface area (TPSA) is 88.0 Å². The van der Waals surface area contributed by atoms with Crippen LogP contribution in [0.1, 0.15) is 26.6 Å². The largest absolute Gasteiger partial charge is 0.386 e. The van der Waals surface area contributed by atoms with Crippen LogP contribution in [0.3, 0.4) is 0 Å². The Bertz CT molecular complexity index is 849. The van der Waals surface area contributed by atoms with E-state index in [1.807, 2.05) is 35.8 Å². The average Bonchev–Trinajstić information content (AvgIpc) is 2.83. The van der Waals surface area contributed by atoms with E-state index in [1.165, 1.54) is 0 Å². The summed E-state index contributed by atoms with van der Waals surface area (Å²) >= 11 is 0. The number of pyridine rings is 1. The molecule has 0 saturated carbocycles. The molecule has 4 N–H and O–H groups in total. The molecule has 2 aromatic heterocycles. The highest BCUT2D eigenvalue weighted by atomic mass is 16.5. The minimum absolute atomic E-state index is 0.426. The van der Waals surface area contributed by atoms with E-state index in [4.69, 9.17) is 10.5 Å². The number of ether oxygens (including phenoxy) is 1. The lowest BCUT2D eigenvalue weighted by Crippen LogP contribution is -2.47. The molecule has 0 fully saturated rings. The van der Waals surface area contributed by atoms with Crippen molar-refractivity contribution in [3.8, 4) is 0 Å². The van der Waals surface area contributed by atoms with Crippen LogP contribution in [0.5, 0.6) is 0 Å². The predicted octanol–water partition coefficient (Wildman–Crippen LogP) is 1.89. The molecule has 0 amide bonds. The maximum absolute atomic E-state index is 10.3. The maximum Gasteiger partial charge on any atom is 0.281 e. The quantitative estimate of drug-likeness (QED) is 0.627. The summed E-state index contributed by atoms with van der Waals surface area (Å²) in [5.41, 5.74) is 7.84. The maximum atomic E-state index is 10.3. The normalized spacial score (nSPS) is 12.3. The standard InChI is InChI=1S/C17H22N4O2/c1-4-23-9-13-20-14-15(21(13)10-17(2,3)22)11-7-5-6-8-12(11)19-16(14)18/h5-8,22H,4,9-10H2,1-3H3,(H2,18,19)/p+1. The molecule has 23 heavy (non-hydrogen) atoms. The molecule has 6 heteroatoms.